The lowest BCUT2D eigenvalue weighted by molar-refractivity contribution is -0.143. The Labute approximate surface area is 75.7 Å². The van der Waals surface area contributed by atoms with Gasteiger partial charge in [0, 0.05) is 19.5 Å². The van der Waals surface area contributed by atoms with E-state index < -0.39 is 0 Å². The molecule has 0 unspecified atom stereocenters. The van der Waals surface area contributed by atoms with Gasteiger partial charge in [0.15, 0.2) is 0 Å². The Bertz CT molecular complexity index is 248. The Balaban J connectivity index is 1.87. The van der Waals surface area contributed by atoms with Gasteiger partial charge >= 0.3 is 0 Å². The maximum Gasteiger partial charge on any atom is 0.245 e. The standard InChI is InChI=1S/C8H12N2O3/c11-5-3-10(4-5)8(13)6-1-2-7(12)9-6/h5-6,11H,1-4H2,(H,9,12)/t6-/m1/s1. The lowest BCUT2D eigenvalue weighted by Gasteiger charge is -2.37. The van der Waals surface area contributed by atoms with Crippen molar-refractivity contribution >= 4 is 11.8 Å². The van der Waals surface area contributed by atoms with E-state index in [4.69, 9.17) is 5.11 Å². The first kappa shape index (κ1) is 8.50. The van der Waals surface area contributed by atoms with Gasteiger partial charge in [-0.25, -0.2) is 0 Å². The van der Waals surface area contributed by atoms with Crippen molar-refractivity contribution in [3.05, 3.63) is 0 Å². The summed E-state index contributed by atoms with van der Waals surface area (Å²) in [5, 5.41) is 11.6. The number of nitrogens with one attached hydrogen (secondary N) is 1. The number of carbonyl (C=O) groups excluding carboxylic acids is 2. The number of rotatable bonds is 1. The predicted octanol–water partition coefficient (Wildman–Crippen LogP) is -1.53. The molecular weight excluding hydrogens is 172 g/mol. The Hall–Kier alpha value is -1.10. The van der Waals surface area contributed by atoms with Crippen LogP contribution in [0.25, 0.3) is 0 Å². The van der Waals surface area contributed by atoms with Crippen LogP contribution in [0.1, 0.15) is 12.8 Å². The molecule has 0 saturated carbocycles. The number of likely N-dealkylation sites (tertiary alicyclic amines) is 1. The van der Waals surface area contributed by atoms with Crippen LogP contribution in [-0.2, 0) is 9.59 Å². The van der Waals surface area contributed by atoms with Crippen molar-refractivity contribution in [3.63, 3.8) is 0 Å². The van der Waals surface area contributed by atoms with E-state index in [0.29, 0.717) is 25.9 Å². The summed E-state index contributed by atoms with van der Waals surface area (Å²) in [6.45, 7) is 0.816. The second-order valence-corrected chi connectivity index (χ2v) is 3.56. The molecule has 5 heteroatoms. The van der Waals surface area contributed by atoms with Gasteiger partial charge in [0.25, 0.3) is 0 Å². The van der Waals surface area contributed by atoms with Gasteiger partial charge in [0.05, 0.1) is 6.10 Å². The molecular formula is C8H12N2O3. The number of β-amino-alcohol motifs (C(OH)–C–C–N with tert-alkyl or cyclic N) is 1. The van der Waals surface area contributed by atoms with Gasteiger partial charge in [-0.3, -0.25) is 9.59 Å². The van der Waals surface area contributed by atoms with E-state index in [9.17, 15) is 9.59 Å². The van der Waals surface area contributed by atoms with Gasteiger partial charge in [-0.15, -0.1) is 0 Å². The van der Waals surface area contributed by atoms with Gasteiger partial charge < -0.3 is 15.3 Å². The van der Waals surface area contributed by atoms with E-state index in [0.717, 1.165) is 0 Å². The Morgan fingerprint density at radius 1 is 1.54 bits per heavy atom. The van der Waals surface area contributed by atoms with Crippen molar-refractivity contribution < 1.29 is 14.7 Å². The highest BCUT2D eigenvalue weighted by Crippen LogP contribution is 2.14. The average molecular weight is 184 g/mol. The van der Waals surface area contributed by atoms with Crippen molar-refractivity contribution in [3.8, 4) is 0 Å². The first-order valence-corrected chi connectivity index (χ1v) is 4.43. The molecule has 1 atom stereocenters. The normalized spacial score (nSPS) is 28.5. The number of aliphatic hydroxyl groups is 1. The highest BCUT2D eigenvalue weighted by Gasteiger charge is 2.36. The molecule has 2 N–H and O–H groups in total. The van der Waals surface area contributed by atoms with Crippen LogP contribution in [-0.4, -0.2) is 47.1 Å². The summed E-state index contributed by atoms with van der Waals surface area (Å²) in [5.41, 5.74) is 0. The SMILES string of the molecule is O=C1CC[C@H](C(=O)N2CC(O)C2)N1. The molecule has 2 amide bonds. The summed E-state index contributed by atoms with van der Waals surface area (Å²) in [6, 6.07) is -0.347. The maximum atomic E-state index is 11.5. The fourth-order valence-corrected chi connectivity index (χ4v) is 1.65. The van der Waals surface area contributed by atoms with Crippen LogP contribution in [0.15, 0.2) is 0 Å². The highest BCUT2D eigenvalue weighted by molar-refractivity contribution is 5.91. The fourth-order valence-electron chi connectivity index (χ4n) is 1.65. The number of nitrogens with zero attached hydrogens (tertiary/aromatic N) is 1. The average Bonchev–Trinajstić information content (AvgIpc) is 2.45. The summed E-state index contributed by atoms with van der Waals surface area (Å²) in [6.07, 6.45) is 0.651. The third-order valence-corrected chi connectivity index (χ3v) is 2.47. The Morgan fingerprint density at radius 3 is 2.69 bits per heavy atom. The van der Waals surface area contributed by atoms with Crippen LogP contribution in [0.3, 0.4) is 0 Å². The van der Waals surface area contributed by atoms with Crippen LogP contribution < -0.4 is 5.32 Å². The molecule has 72 valence electrons. The molecule has 0 spiro atoms. The molecule has 0 radical (unpaired) electrons. The number of amides is 2. The number of aliphatic hydroxyl groups excluding tert-OH is 1. The van der Waals surface area contributed by atoms with E-state index in [1.165, 1.54) is 0 Å². The minimum absolute atomic E-state index is 0.0561. The van der Waals surface area contributed by atoms with Gasteiger partial charge in [0.2, 0.25) is 11.8 Å². The Kier molecular flexibility index (Phi) is 1.95. The first-order chi connectivity index (χ1) is 6.16. The molecule has 0 bridgehead atoms. The Morgan fingerprint density at radius 2 is 2.23 bits per heavy atom. The van der Waals surface area contributed by atoms with Crippen molar-refractivity contribution in [1.82, 2.24) is 10.2 Å². The zero-order chi connectivity index (χ0) is 9.42. The molecule has 0 aromatic carbocycles. The second-order valence-electron chi connectivity index (χ2n) is 3.56. The van der Waals surface area contributed by atoms with Crippen molar-refractivity contribution in [2.45, 2.75) is 25.0 Å². The lowest BCUT2D eigenvalue weighted by atomic mass is 10.1. The first-order valence-electron chi connectivity index (χ1n) is 4.43. The molecule has 0 aromatic heterocycles. The largest absolute Gasteiger partial charge is 0.389 e. The van der Waals surface area contributed by atoms with E-state index in [1.807, 2.05) is 0 Å². The molecule has 0 aromatic rings. The third-order valence-electron chi connectivity index (χ3n) is 2.47. The smallest absolute Gasteiger partial charge is 0.245 e. The monoisotopic (exact) mass is 184 g/mol. The molecule has 2 heterocycles. The molecule has 2 aliphatic heterocycles. The highest BCUT2D eigenvalue weighted by atomic mass is 16.3. The van der Waals surface area contributed by atoms with Crippen LogP contribution in [0.5, 0.6) is 0 Å². The van der Waals surface area contributed by atoms with E-state index in [-0.39, 0.29) is 24.0 Å². The number of carbonyl (C=O) groups is 2. The minimum atomic E-state index is -0.374. The number of hydrogen-bond donors (Lipinski definition) is 2. The van der Waals surface area contributed by atoms with Gasteiger partial charge in [-0.2, -0.15) is 0 Å². The lowest BCUT2D eigenvalue weighted by Crippen LogP contribution is -2.57. The molecule has 0 aliphatic carbocycles. The van der Waals surface area contributed by atoms with Crippen molar-refractivity contribution in [1.29, 1.82) is 0 Å². The second kappa shape index (κ2) is 2.99. The summed E-state index contributed by atoms with van der Waals surface area (Å²) in [5.74, 6) is -0.115. The zero-order valence-corrected chi connectivity index (χ0v) is 7.19. The van der Waals surface area contributed by atoms with E-state index >= 15 is 0 Å². The molecule has 2 aliphatic rings. The maximum absolute atomic E-state index is 11.5. The molecule has 2 rings (SSSR count). The van der Waals surface area contributed by atoms with Crippen molar-refractivity contribution in [2.24, 2.45) is 0 Å². The molecule has 5 nitrogen and oxygen atoms in total. The van der Waals surface area contributed by atoms with Gasteiger partial charge in [0.1, 0.15) is 6.04 Å². The van der Waals surface area contributed by atoms with Crippen LogP contribution in [0.4, 0.5) is 0 Å². The molecule has 2 saturated heterocycles. The molecule has 2 fully saturated rings. The van der Waals surface area contributed by atoms with Crippen LogP contribution in [0, 0.1) is 0 Å². The quantitative estimate of drug-likeness (QED) is 0.519. The minimum Gasteiger partial charge on any atom is -0.389 e. The van der Waals surface area contributed by atoms with Crippen LogP contribution in [0.2, 0.25) is 0 Å². The summed E-state index contributed by atoms with van der Waals surface area (Å²) in [7, 11) is 0. The van der Waals surface area contributed by atoms with Gasteiger partial charge in [-0.05, 0) is 6.42 Å². The summed E-state index contributed by atoms with van der Waals surface area (Å²) >= 11 is 0. The summed E-state index contributed by atoms with van der Waals surface area (Å²) in [4.78, 5) is 23.9. The third kappa shape index (κ3) is 1.51. The number of hydrogen-bond acceptors (Lipinski definition) is 3. The van der Waals surface area contributed by atoms with E-state index in [1.54, 1.807) is 4.90 Å². The molecule has 13 heavy (non-hydrogen) atoms. The van der Waals surface area contributed by atoms with Crippen molar-refractivity contribution in [2.75, 3.05) is 13.1 Å². The topological polar surface area (TPSA) is 69.6 Å². The summed E-state index contributed by atoms with van der Waals surface area (Å²) < 4.78 is 0. The van der Waals surface area contributed by atoms with E-state index in [2.05, 4.69) is 5.32 Å². The predicted molar refractivity (Wildman–Crippen MR) is 43.8 cm³/mol. The zero-order valence-electron chi connectivity index (χ0n) is 7.19. The fraction of sp³-hybridized carbons (Fsp3) is 0.750. The van der Waals surface area contributed by atoms with Crippen LogP contribution >= 0.6 is 0 Å². The van der Waals surface area contributed by atoms with Gasteiger partial charge in [-0.1, -0.05) is 0 Å².